The number of likely N-dealkylation sites (tertiary alicyclic amines) is 2. The summed E-state index contributed by atoms with van der Waals surface area (Å²) >= 11 is 0. The molecule has 7 rings (SSSR count). The number of rotatable bonds is 8. The number of hydrogen-bond donors (Lipinski definition) is 4. The zero-order valence-electron chi connectivity index (χ0n) is 33.4. The highest BCUT2D eigenvalue weighted by Crippen LogP contribution is 2.39. The number of carbonyl (C=O) groups is 3. The van der Waals surface area contributed by atoms with Gasteiger partial charge in [0, 0.05) is 68.2 Å². The Balaban J connectivity index is 0.000000377. The fraction of sp³-hybridized carbons (Fsp3) is 0.528. The molecule has 30 heteroatoms. The van der Waals surface area contributed by atoms with E-state index in [1.807, 2.05) is 23.1 Å². The van der Waals surface area contributed by atoms with Crippen LogP contribution in [0.15, 0.2) is 37.1 Å². The van der Waals surface area contributed by atoms with E-state index >= 15 is 0 Å². The smallest absolute Gasteiger partial charge is 0.475 e. The summed E-state index contributed by atoms with van der Waals surface area (Å²) in [5.74, 6) is -9.61. The van der Waals surface area contributed by atoms with Gasteiger partial charge in [-0.15, -0.1) is 0 Å². The lowest BCUT2D eigenvalue weighted by Gasteiger charge is -2.53. The van der Waals surface area contributed by atoms with Crippen LogP contribution in [0.1, 0.15) is 50.0 Å². The molecule has 1 aliphatic carbocycles. The maximum Gasteiger partial charge on any atom is 0.490 e. The van der Waals surface area contributed by atoms with Crippen LogP contribution in [0.4, 0.5) is 57.1 Å². The average Bonchev–Trinajstić information content (AvgIpc) is 3.98. The fourth-order valence-corrected chi connectivity index (χ4v) is 6.86. The lowest BCUT2D eigenvalue weighted by molar-refractivity contribution is -0.193. The standard InChI is InChI=1S/C30H32F4N10O.3C2HF3O2/c31-20-6-10-42(14-20)15-21-11-25(41-28(40-21)30(32,33)34)45-23-3-1-22(2-4-23)43-16-29(17-43,7-8-35)44-13-19(12-39-44)26-24-5-9-36-27(24)38-18-37-26;3*3-2(4,5)1(6)7/h5,9,11-13,18,20,22-23H,1-4,6-7,10,14-17H2,(H,36,37,38);3*(H,6,7)/t20-,22?,23?;;;/m0.../s1. The molecule has 0 spiro atoms. The molecule has 1 atom stereocenters. The van der Waals surface area contributed by atoms with Gasteiger partial charge in [-0.2, -0.15) is 68.0 Å². The summed E-state index contributed by atoms with van der Waals surface area (Å²) < 4.78 is 157. The summed E-state index contributed by atoms with van der Waals surface area (Å²) in [5, 5.41) is 36.6. The zero-order chi connectivity index (χ0) is 49.4. The van der Waals surface area contributed by atoms with Crippen LogP contribution >= 0.6 is 0 Å². The Hall–Kier alpha value is -6.38. The number of hydrogen-bond acceptors (Lipinski definition) is 12. The molecule has 0 amide bonds. The molecule has 4 aromatic heterocycles. The van der Waals surface area contributed by atoms with Crippen molar-refractivity contribution >= 4 is 28.9 Å². The molecule has 3 aliphatic rings. The van der Waals surface area contributed by atoms with Gasteiger partial charge in [-0.25, -0.2) is 33.7 Å². The lowest BCUT2D eigenvalue weighted by Crippen LogP contribution is -2.65. The first kappa shape index (κ1) is 52.2. The van der Waals surface area contributed by atoms with Gasteiger partial charge in [0.1, 0.15) is 29.8 Å². The van der Waals surface area contributed by atoms with E-state index in [1.165, 1.54) is 12.4 Å². The summed E-state index contributed by atoms with van der Waals surface area (Å²) in [4.78, 5) is 50.0. The first-order valence-electron chi connectivity index (χ1n) is 18.9. The van der Waals surface area contributed by atoms with Gasteiger partial charge >= 0.3 is 42.6 Å². The number of alkyl halides is 13. The number of nitrogens with one attached hydrogen (secondary N) is 1. The summed E-state index contributed by atoms with van der Waals surface area (Å²) in [7, 11) is 0. The molecule has 2 aliphatic heterocycles. The number of aromatic amines is 1. The van der Waals surface area contributed by atoms with Gasteiger partial charge in [0.15, 0.2) is 0 Å². The summed E-state index contributed by atoms with van der Waals surface area (Å²) in [6, 6.07) is 5.97. The third-order valence-corrected chi connectivity index (χ3v) is 9.88. The first-order valence-corrected chi connectivity index (χ1v) is 18.9. The largest absolute Gasteiger partial charge is 0.490 e. The number of halogens is 13. The van der Waals surface area contributed by atoms with Crippen molar-refractivity contribution in [2.75, 3.05) is 26.2 Å². The van der Waals surface area contributed by atoms with Crippen molar-refractivity contribution in [3.05, 3.63) is 48.6 Å². The number of carboxylic acids is 3. The van der Waals surface area contributed by atoms with Gasteiger partial charge in [0.05, 0.1) is 30.1 Å². The summed E-state index contributed by atoms with van der Waals surface area (Å²) in [5.41, 5.74) is 2.09. The maximum atomic E-state index is 13.6. The van der Waals surface area contributed by atoms with Crippen molar-refractivity contribution in [3.8, 4) is 23.2 Å². The van der Waals surface area contributed by atoms with E-state index < -0.39 is 60.1 Å². The van der Waals surface area contributed by atoms with Gasteiger partial charge in [-0.1, -0.05) is 0 Å². The van der Waals surface area contributed by atoms with Crippen LogP contribution in [-0.2, 0) is 32.6 Å². The number of aliphatic carboxylic acids is 3. The SMILES string of the molecule is N#CCC1(n2cc(-c3ncnc4[nH]ccc34)cn2)CN(C2CCC(Oc3cc(CN4CC[C@H](F)C4)nc(C(F)(F)F)n3)CC2)C1.O=C(O)C(F)(F)F.O=C(O)C(F)(F)F.O=C(O)C(F)(F)F. The van der Waals surface area contributed by atoms with Gasteiger partial charge < -0.3 is 25.0 Å². The van der Waals surface area contributed by atoms with E-state index in [0.717, 1.165) is 35.1 Å². The number of H-pyrrole nitrogens is 1. The molecular weight excluding hydrogens is 931 g/mol. The van der Waals surface area contributed by atoms with Gasteiger partial charge in [0.2, 0.25) is 11.7 Å². The fourth-order valence-electron chi connectivity index (χ4n) is 6.86. The molecular formula is C36H35F13N10O7. The van der Waals surface area contributed by atoms with Crippen molar-refractivity contribution in [2.45, 2.75) is 93.6 Å². The topological polar surface area (TPSA) is 237 Å². The van der Waals surface area contributed by atoms with Crippen molar-refractivity contribution in [3.63, 3.8) is 0 Å². The monoisotopic (exact) mass is 966 g/mol. The molecule has 0 radical (unpaired) electrons. The van der Waals surface area contributed by atoms with Crippen molar-refractivity contribution < 1.29 is 91.5 Å². The molecule has 0 aromatic carbocycles. The third-order valence-electron chi connectivity index (χ3n) is 9.88. The normalized spacial score (nSPS) is 20.0. The second-order valence-electron chi connectivity index (χ2n) is 14.7. The minimum Gasteiger partial charge on any atom is -0.475 e. The molecule has 66 heavy (non-hydrogen) atoms. The molecule has 4 N–H and O–H groups in total. The minimum absolute atomic E-state index is 0.0983. The molecule has 4 aromatic rings. The summed E-state index contributed by atoms with van der Waals surface area (Å²) in [6.45, 7) is 2.10. The van der Waals surface area contributed by atoms with Crippen LogP contribution in [0.25, 0.3) is 22.3 Å². The van der Waals surface area contributed by atoms with Gasteiger partial charge in [-0.05, 0) is 38.2 Å². The van der Waals surface area contributed by atoms with E-state index in [1.54, 1.807) is 11.1 Å². The molecule has 17 nitrogen and oxygen atoms in total. The molecule has 1 saturated carbocycles. The average molecular weight is 967 g/mol. The van der Waals surface area contributed by atoms with Crippen LogP contribution < -0.4 is 4.74 Å². The molecule has 362 valence electrons. The van der Waals surface area contributed by atoms with Crippen molar-refractivity contribution in [2.24, 2.45) is 0 Å². The van der Waals surface area contributed by atoms with E-state index in [9.17, 15) is 62.3 Å². The second kappa shape index (κ2) is 20.8. The predicted octanol–water partition coefficient (Wildman–Crippen LogP) is 6.39. The predicted molar refractivity (Wildman–Crippen MR) is 194 cm³/mol. The Kier molecular flexibility index (Phi) is 16.5. The number of ether oxygens (including phenoxy) is 1. The van der Waals surface area contributed by atoms with E-state index in [2.05, 4.69) is 41.0 Å². The zero-order valence-corrected chi connectivity index (χ0v) is 33.4. The highest BCUT2D eigenvalue weighted by molar-refractivity contribution is 5.90. The Morgan fingerprint density at radius 3 is 1.94 bits per heavy atom. The molecule has 6 heterocycles. The van der Waals surface area contributed by atoms with Crippen LogP contribution in [-0.4, -0.2) is 141 Å². The number of nitrogens with zero attached hydrogens (tertiary/aromatic N) is 9. The first-order chi connectivity index (χ1) is 30.5. The minimum atomic E-state index is -5.08. The number of fused-ring (bicyclic) bond motifs is 1. The molecule has 0 unspecified atom stereocenters. The second-order valence-corrected chi connectivity index (χ2v) is 14.7. The van der Waals surface area contributed by atoms with Gasteiger partial charge in [0.25, 0.3) is 0 Å². The lowest BCUT2D eigenvalue weighted by atomic mass is 9.82. The van der Waals surface area contributed by atoms with E-state index in [4.69, 9.17) is 34.4 Å². The number of nitriles is 1. The Morgan fingerprint density at radius 1 is 0.864 bits per heavy atom. The number of aromatic nitrogens is 7. The van der Waals surface area contributed by atoms with Crippen molar-refractivity contribution in [1.29, 1.82) is 5.26 Å². The van der Waals surface area contributed by atoms with E-state index in [-0.39, 0.29) is 36.8 Å². The highest BCUT2D eigenvalue weighted by Gasteiger charge is 2.48. The molecule has 2 saturated heterocycles. The Morgan fingerprint density at radius 2 is 1.44 bits per heavy atom. The Bertz CT molecular complexity index is 2280. The quantitative estimate of drug-likeness (QED) is 0.140. The van der Waals surface area contributed by atoms with Crippen LogP contribution in [0.3, 0.4) is 0 Å². The summed E-state index contributed by atoms with van der Waals surface area (Å²) in [6.07, 6.45) is -10.6. The van der Waals surface area contributed by atoms with Crippen LogP contribution in [0.5, 0.6) is 5.88 Å². The van der Waals surface area contributed by atoms with Crippen LogP contribution in [0, 0.1) is 11.3 Å². The highest BCUT2D eigenvalue weighted by atomic mass is 19.4. The van der Waals surface area contributed by atoms with Crippen molar-refractivity contribution in [1.82, 2.24) is 44.5 Å². The number of carboxylic acid groups (broad SMARTS) is 3. The van der Waals surface area contributed by atoms with Crippen LogP contribution in [0.2, 0.25) is 0 Å². The van der Waals surface area contributed by atoms with E-state index in [0.29, 0.717) is 45.3 Å². The molecule has 3 fully saturated rings. The Labute approximate surface area is 361 Å². The molecule has 0 bridgehead atoms. The maximum absolute atomic E-state index is 13.6. The van der Waals surface area contributed by atoms with Gasteiger partial charge in [-0.3, -0.25) is 14.5 Å². The third kappa shape index (κ3) is 14.3.